The van der Waals surface area contributed by atoms with Crippen LogP contribution < -0.4 is 4.74 Å². The molecule has 1 saturated carbocycles. The highest BCUT2D eigenvalue weighted by atomic mass is 19.2. The van der Waals surface area contributed by atoms with Gasteiger partial charge >= 0.3 is 0 Å². The Morgan fingerprint density at radius 1 is 1.00 bits per heavy atom. The van der Waals surface area contributed by atoms with E-state index in [4.69, 9.17) is 4.74 Å². The van der Waals surface area contributed by atoms with E-state index in [0.717, 1.165) is 0 Å². The fourth-order valence-corrected chi connectivity index (χ4v) is 0.936. The van der Waals surface area contributed by atoms with Gasteiger partial charge in [-0.3, -0.25) is 0 Å². The van der Waals surface area contributed by atoms with Crippen LogP contribution in [0.4, 0.5) is 17.6 Å². The van der Waals surface area contributed by atoms with Gasteiger partial charge in [-0.2, -0.15) is 4.39 Å². The first kappa shape index (κ1) is 9.30. The van der Waals surface area contributed by atoms with Crippen LogP contribution >= 0.6 is 0 Å². The monoisotopic (exact) mass is 205 g/mol. The minimum atomic E-state index is -1.87. The Morgan fingerprint density at radius 3 is 2.21 bits per heavy atom. The van der Waals surface area contributed by atoms with E-state index in [0.29, 0.717) is 12.8 Å². The Balaban J connectivity index is 2.38. The molecule has 5 heteroatoms. The average molecular weight is 205 g/mol. The van der Waals surface area contributed by atoms with Crippen LogP contribution in [0.5, 0.6) is 5.75 Å². The van der Waals surface area contributed by atoms with Crippen LogP contribution in [-0.2, 0) is 0 Å². The third kappa shape index (κ3) is 1.54. The summed E-state index contributed by atoms with van der Waals surface area (Å²) in [5.41, 5.74) is 0. The summed E-state index contributed by atoms with van der Waals surface area (Å²) in [6.45, 7) is 0. The number of ether oxygens (including phenoxy) is 1. The Morgan fingerprint density at radius 2 is 1.64 bits per heavy atom. The highest BCUT2D eigenvalue weighted by Gasteiger charge is 2.28. The lowest BCUT2D eigenvalue weighted by Crippen LogP contribution is -2.04. The van der Waals surface area contributed by atoms with Gasteiger partial charge in [0.05, 0.1) is 12.2 Å². The molecule has 75 valence electrons. The zero-order valence-corrected chi connectivity index (χ0v) is 6.91. The van der Waals surface area contributed by atoms with Gasteiger partial charge in [0, 0.05) is 0 Å². The van der Waals surface area contributed by atoms with Gasteiger partial charge in [0.1, 0.15) is 0 Å². The number of rotatable bonds is 2. The maximum Gasteiger partial charge on any atom is 0.204 e. The largest absolute Gasteiger partial charge is 0.486 e. The summed E-state index contributed by atoms with van der Waals surface area (Å²) in [5, 5.41) is 0. The Labute approximate surface area is 77.3 Å². The van der Waals surface area contributed by atoms with Crippen molar-refractivity contribution >= 4 is 0 Å². The highest BCUT2D eigenvalue weighted by Crippen LogP contribution is 2.30. The second-order valence-corrected chi connectivity index (χ2v) is 3.03. The summed E-state index contributed by atoms with van der Waals surface area (Å²) in [6, 6.07) is 1.68. The lowest BCUT2D eigenvalue weighted by atomic mass is 10.3. The minimum absolute atomic E-state index is 0.231. The van der Waals surface area contributed by atoms with Crippen molar-refractivity contribution in [1.82, 2.24) is 0 Å². The highest BCUT2D eigenvalue weighted by molar-refractivity contribution is 5.26. The molecule has 2 rings (SSSR count). The summed E-state index contributed by atoms with van der Waals surface area (Å²) >= 11 is 0. The molecule has 0 N–H and O–H groups in total. The Bertz CT molecular complexity index is 374. The molecular formula is C9H5F4O. The van der Waals surface area contributed by atoms with Crippen LogP contribution in [0.2, 0.25) is 0 Å². The first-order valence-corrected chi connectivity index (χ1v) is 4.01. The van der Waals surface area contributed by atoms with Crippen LogP contribution in [0.3, 0.4) is 0 Å². The second-order valence-electron chi connectivity index (χ2n) is 3.03. The van der Waals surface area contributed by atoms with Crippen molar-refractivity contribution in [2.24, 2.45) is 0 Å². The van der Waals surface area contributed by atoms with Crippen molar-refractivity contribution < 1.29 is 22.3 Å². The molecular weight excluding hydrogens is 200 g/mol. The van der Waals surface area contributed by atoms with E-state index in [1.54, 1.807) is 6.07 Å². The van der Waals surface area contributed by atoms with Crippen LogP contribution in [0.15, 0.2) is 0 Å². The quantitative estimate of drug-likeness (QED) is 0.409. The van der Waals surface area contributed by atoms with Gasteiger partial charge in [-0.1, -0.05) is 0 Å². The molecule has 1 aromatic rings. The molecule has 0 spiro atoms. The zero-order valence-electron chi connectivity index (χ0n) is 6.91. The average Bonchev–Trinajstić information content (AvgIpc) is 2.94. The Hall–Kier alpha value is -1.26. The molecule has 1 fully saturated rings. The first-order valence-electron chi connectivity index (χ1n) is 4.01. The molecule has 0 amide bonds. The summed E-state index contributed by atoms with van der Waals surface area (Å²) in [5.74, 6) is -7.53. The summed E-state index contributed by atoms with van der Waals surface area (Å²) in [7, 11) is 0. The summed E-state index contributed by atoms with van der Waals surface area (Å²) in [4.78, 5) is 0. The van der Waals surface area contributed by atoms with E-state index in [1.165, 1.54) is 0 Å². The van der Waals surface area contributed by atoms with Crippen molar-refractivity contribution in [1.29, 1.82) is 0 Å². The van der Waals surface area contributed by atoms with Crippen LogP contribution in [0, 0.1) is 29.3 Å². The summed E-state index contributed by atoms with van der Waals surface area (Å²) < 4.78 is 55.3. The zero-order chi connectivity index (χ0) is 10.3. The first-order chi connectivity index (χ1) is 6.59. The number of hydrogen-bond acceptors (Lipinski definition) is 1. The molecule has 0 aromatic heterocycles. The van der Waals surface area contributed by atoms with Crippen LogP contribution in [0.1, 0.15) is 12.8 Å². The third-order valence-corrected chi connectivity index (χ3v) is 1.81. The van der Waals surface area contributed by atoms with Crippen molar-refractivity contribution in [2.75, 3.05) is 0 Å². The van der Waals surface area contributed by atoms with Gasteiger partial charge in [-0.15, -0.1) is 0 Å². The predicted molar refractivity (Wildman–Crippen MR) is 38.8 cm³/mol. The van der Waals surface area contributed by atoms with E-state index in [-0.39, 0.29) is 6.10 Å². The molecule has 1 aromatic carbocycles. The van der Waals surface area contributed by atoms with Gasteiger partial charge < -0.3 is 4.74 Å². The molecule has 1 aliphatic rings. The summed E-state index contributed by atoms with van der Waals surface area (Å²) in [6.07, 6.45) is 1.17. The fraction of sp³-hybridized carbons (Fsp3) is 0.333. The van der Waals surface area contributed by atoms with E-state index < -0.39 is 29.0 Å². The lowest BCUT2D eigenvalue weighted by molar-refractivity contribution is 0.273. The molecule has 14 heavy (non-hydrogen) atoms. The van der Waals surface area contributed by atoms with E-state index in [2.05, 4.69) is 0 Å². The van der Waals surface area contributed by atoms with Gasteiger partial charge in [0.15, 0.2) is 17.4 Å². The maximum atomic E-state index is 12.9. The topological polar surface area (TPSA) is 9.23 Å². The van der Waals surface area contributed by atoms with Crippen LogP contribution in [-0.4, -0.2) is 6.10 Å². The van der Waals surface area contributed by atoms with Gasteiger partial charge in [0.25, 0.3) is 0 Å². The fourth-order valence-electron chi connectivity index (χ4n) is 0.936. The molecule has 1 aliphatic carbocycles. The van der Waals surface area contributed by atoms with E-state index in [1.807, 2.05) is 0 Å². The normalized spacial score (nSPS) is 15.7. The third-order valence-electron chi connectivity index (χ3n) is 1.81. The van der Waals surface area contributed by atoms with Gasteiger partial charge in [-0.05, 0) is 12.8 Å². The van der Waals surface area contributed by atoms with Crippen molar-refractivity contribution in [2.45, 2.75) is 18.9 Å². The molecule has 1 radical (unpaired) electrons. The standard InChI is InChI=1S/C9H5F4O/c10-5-3-6(14-4-1-2-4)8(12)9(13)7(5)11/h4H,1-2H2. The predicted octanol–water partition coefficient (Wildman–Crippen LogP) is 2.58. The number of hydrogen-bond donors (Lipinski definition) is 0. The van der Waals surface area contributed by atoms with Crippen molar-refractivity contribution in [3.05, 3.63) is 29.3 Å². The molecule has 0 unspecified atom stereocenters. The molecule has 0 aliphatic heterocycles. The van der Waals surface area contributed by atoms with Gasteiger partial charge in [-0.25, -0.2) is 13.2 Å². The smallest absolute Gasteiger partial charge is 0.204 e. The molecule has 0 atom stereocenters. The van der Waals surface area contributed by atoms with E-state index >= 15 is 0 Å². The van der Waals surface area contributed by atoms with Crippen molar-refractivity contribution in [3.8, 4) is 5.75 Å². The Kier molecular flexibility index (Phi) is 2.09. The van der Waals surface area contributed by atoms with Gasteiger partial charge in [0.2, 0.25) is 11.6 Å². The SMILES string of the molecule is Fc1[c]c(OC2CC2)c(F)c(F)c1F. The number of halogens is 4. The van der Waals surface area contributed by atoms with Crippen LogP contribution in [0.25, 0.3) is 0 Å². The number of benzene rings is 1. The van der Waals surface area contributed by atoms with E-state index in [9.17, 15) is 17.6 Å². The van der Waals surface area contributed by atoms with Crippen molar-refractivity contribution in [3.63, 3.8) is 0 Å². The minimum Gasteiger partial charge on any atom is -0.486 e. The lowest BCUT2D eigenvalue weighted by Gasteiger charge is -2.06. The molecule has 0 heterocycles. The molecule has 0 saturated heterocycles. The molecule has 0 bridgehead atoms. The second kappa shape index (κ2) is 3.15. The molecule has 1 nitrogen and oxygen atoms in total. The maximum absolute atomic E-state index is 12.9.